The first-order chi connectivity index (χ1) is 9.24. The summed E-state index contributed by atoms with van der Waals surface area (Å²) in [5.41, 5.74) is 5.82. The summed E-state index contributed by atoms with van der Waals surface area (Å²) in [5, 5.41) is 0. The van der Waals surface area contributed by atoms with Crippen LogP contribution in [0.5, 0.6) is 0 Å². The molecule has 2 N–H and O–H groups in total. The Kier molecular flexibility index (Phi) is 4.72. The summed E-state index contributed by atoms with van der Waals surface area (Å²) < 4.78 is 0. The smallest absolute Gasteiger partial charge is 0.242 e. The fourth-order valence-electron chi connectivity index (χ4n) is 2.12. The van der Waals surface area contributed by atoms with Crippen molar-refractivity contribution < 1.29 is 9.59 Å². The van der Waals surface area contributed by atoms with Crippen LogP contribution in [0, 0.1) is 5.92 Å². The molecule has 100 valence electrons. The molecule has 1 aromatic rings. The number of hydrogen-bond donors (Lipinski definition) is 2. The summed E-state index contributed by atoms with van der Waals surface area (Å²) in [6, 6.07) is 9.43. The van der Waals surface area contributed by atoms with E-state index in [4.69, 9.17) is 0 Å². The molecule has 0 bridgehead atoms. The van der Waals surface area contributed by atoms with Crippen molar-refractivity contribution in [1.82, 2.24) is 10.9 Å². The van der Waals surface area contributed by atoms with Crippen LogP contribution in [0.4, 0.5) is 0 Å². The lowest BCUT2D eigenvalue weighted by Crippen LogP contribution is -2.42. The molecule has 0 aromatic heterocycles. The lowest BCUT2D eigenvalue weighted by molar-refractivity contribution is -0.128. The molecule has 0 unspecified atom stereocenters. The Bertz CT molecular complexity index is 468. The number of carbonyl (C=O) groups is 2. The van der Waals surface area contributed by atoms with Crippen molar-refractivity contribution in [2.75, 3.05) is 0 Å². The minimum absolute atomic E-state index is 0.141. The Morgan fingerprint density at radius 3 is 2.53 bits per heavy atom. The van der Waals surface area contributed by atoms with E-state index >= 15 is 0 Å². The Balaban J connectivity index is 1.68. The van der Waals surface area contributed by atoms with Gasteiger partial charge in [-0.15, -0.1) is 0 Å². The van der Waals surface area contributed by atoms with E-state index in [1.54, 1.807) is 0 Å². The third-order valence-electron chi connectivity index (χ3n) is 3.11. The van der Waals surface area contributed by atoms with E-state index < -0.39 is 0 Å². The summed E-state index contributed by atoms with van der Waals surface area (Å²) in [5.74, 6) is -0.0366. The van der Waals surface area contributed by atoms with Crippen LogP contribution in [0.25, 0.3) is 0 Å². The molecule has 0 fully saturated rings. The van der Waals surface area contributed by atoms with Gasteiger partial charge in [0.25, 0.3) is 0 Å². The summed E-state index contributed by atoms with van der Waals surface area (Å²) in [7, 11) is 0. The van der Waals surface area contributed by atoms with E-state index in [0.29, 0.717) is 12.3 Å². The number of nitrogens with one attached hydrogen (secondary N) is 2. The molecular weight excluding hydrogens is 240 g/mol. The highest BCUT2D eigenvalue weighted by Gasteiger charge is 2.14. The summed E-state index contributed by atoms with van der Waals surface area (Å²) in [6.45, 7) is 0. The second kappa shape index (κ2) is 6.73. The molecule has 4 heteroatoms. The highest BCUT2D eigenvalue weighted by Crippen LogP contribution is 2.19. The van der Waals surface area contributed by atoms with E-state index in [1.807, 2.05) is 30.3 Å². The number of rotatable bonds is 4. The second-order valence-electron chi connectivity index (χ2n) is 4.73. The Labute approximate surface area is 112 Å². The lowest BCUT2D eigenvalue weighted by Gasteiger charge is -2.09. The average Bonchev–Trinajstić information content (AvgIpc) is 2.90. The normalized spacial score (nSPS) is 17.2. The maximum Gasteiger partial charge on any atom is 0.242 e. The van der Waals surface area contributed by atoms with Gasteiger partial charge in [0.15, 0.2) is 0 Å². The van der Waals surface area contributed by atoms with Crippen LogP contribution in [-0.4, -0.2) is 11.8 Å². The van der Waals surface area contributed by atoms with Crippen LogP contribution in [0.2, 0.25) is 0 Å². The van der Waals surface area contributed by atoms with Crippen molar-refractivity contribution in [2.45, 2.75) is 25.7 Å². The van der Waals surface area contributed by atoms with Gasteiger partial charge in [0.05, 0.1) is 6.42 Å². The number of amides is 2. The van der Waals surface area contributed by atoms with E-state index in [9.17, 15) is 9.59 Å². The van der Waals surface area contributed by atoms with Gasteiger partial charge >= 0.3 is 0 Å². The average molecular weight is 258 g/mol. The van der Waals surface area contributed by atoms with E-state index in [2.05, 4.69) is 23.0 Å². The first-order valence-electron chi connectivity index (χ1n) is 6.52. The molecule has 2 amide bonds. The van der Waals surface area contributed by atoms with Crippen LogP contribution in [-0.2, 0) is 16.0 Å². The van der Waals surface area contributed by atoms with Crippen molar-refractivity contribution in [3.05, 3.63) is 48.0 Å². The standard InChI is InChI=1S/C15H18N2O2/c18-14(10-12-6-2-1-3-7-12)16-17-15(19)11-13-8-4-5-9-13/h1-4,6-8,13H,5,9-11H2,(H,16,18)(H,17,19)/t13-/m0/s1. The Hall–Kier alpha value is -2.10. The summed E-state index contributed by atoms with van der Waals surface area (Å²) >= 11 is 0. The molecular formula is C15H18N2O2. The number of hydrogen-bond acceptors (Lipinski definition) is 2. The predicted molar refractivity (Wildman–Crippen MR) is 72.9 cm³/mol. The van der Waals surface area contributed by atoms with Gasteiger partial charge in [-0.3, -0.25) is 20.4 Å². The van der Waals surface area contributed by atoms with Crippen LogP contribution in [0.1, 0.15) is 24.8 Å². The number of benzene rings is 1. The predicted octanol–water partition coefficient (Wildman–Crippen LogP) is 1.73. The lowest BCUT2D eigenvalue weighted by atomic mass is 10.1. The molecule has 4 nitrogen and oxygen atoms in total. The van der Waals surface area contributed by atoms with Crippen molar-refractivity contribution in [3.63, 3.8) is 0 Å². The van der Waals surface area contributed by atoms with Crippen molar-refractivity contribution in [2.24, 2.45) is 5.92 Å². The molecule has 1 atom stereocenters. The highest BCUT2D eigenvalue weighted by molar-refractivity contribution is 5.83. The molecule has 1 aliphatic rings. The molecule has 19 heavy (non-hydrogen) atoms. The summed E-state index contributed by atoms with van der Waals surface area (Å²) in [4.78, 5) is 23.2. The highest BCUT2D eigenvalue weighted by atomic mass is 16.2. The zero-order valence-corrected chi connectivity index (χ0v) is 10.8. The van der Waals surface area contributed by atoms with Crippen LogP contribution in [0.3, 0.4) is 0 Å². The van der Waals surface area contributed by atoms with Gasteiger partial charge in [-0.2, -0.15) is 0 Å². The van der Waals surface area contributed by atoms with Crippen molar-refractivity contribution in [1.29, 1.82) is 0 Å². The Morgan fingerprint density at radius 2 is 1.84 bits per heavy atom. The van der Waals surface area contributed by atoms with Gasteiger partial charge in [0.1, 0.15) is 0 Å². The van der Waals surface area contributed by atoms with Gasteiger partial charge in [0.2, 0.25) is 11.8 Å². The fourth-order valence-corrected chi connectivity index (χ4v) is 2.12. The molecule has 0 aliphatic heterocycles. The van der Waals surface area contributed by atoms with E-state index in [1.165, 1.54) is 0 Å². The topological polar surface area (TPSA) is 58.2 Å². The molecule has 0 radical (unpaired) electrons. The van der Waals surface area contributed by atoms with E-state index in [-0.39, 0.29) is 18.2 Å². The zero-order valence-electron chi connectivity index (χ0n) is 10.8. The van der Waals surface area contributed by atoms with Crippen LogP contribution < -0.4 is 10.9 Å². The van der Waals surface area contributed by atoms with E-state index in [0.717, 1.165) is 18.4 Å². The second-order valence-corrected chi connectivity index (χ2v) is 4.73. The van der Waals surface area contributed by atoms with Gasteiger partial charge in [-0.05, 0) is 24.3 Å². The third-order valence-corrected chi connectivity index (χ3v) is 3.11. The number of hydrazine groups is 1. The van der Waals surface area contributed by atoms with Gasteiger partial charge < -0.3 is 0 Å². The van der Waals surface area contributed by atoms with Crippen LogP contribution in [0.15, 0.2) is 42.5 Å². The minimum atomic E-state index is -0.207. The largest absolute Gasteiger partial charge is 0.273 e. The maximum absolute atomic E-state index is 11.6. The third kappa shape index (κ3) is 4.58. The minimum Gasteiger partial charge on any atom is -0.273 e. The zero-order chi connectivity index (χ0) is 13.5. The quantitative estimate of drug-likeness (QED) is 0.638. The Morgan fingerprint density at radius 1 is 1.11 bits per heavy atom. The van der Waals surface area contributed by atoms with Crippen molar-refractivity contribution in [3.8, 4) is 0 Å². The first kappa shape index (κ1) is 13.3. The maximum atomic E-state index is 11.6. The van der Waals surface area contributed by atoms with Gasteiger partial charge in [0, 0.05) is 6.42 Å². The number of carbonyl (C=O) groups excluding carboxylic acids is 2. The molecule has 2 rings (SSSR count). The molecule has 1 aromatic carbocycles. The van der Waals surface area contributed by atoms with Crippen LogP contribution >= 0.6 is 0 Å². The number of allylic oxidation sites excluding steroid dienone is 2. The van der Waals surface area contributed by atoms with Gasteiger partial charge in [-0.1, -0.05) is 42.5 Å². The summed E-state index contributed by atoms with van der Waals surface area (Å²) in [6.07, 6.45) is 6.91. The first-order valence-corrected chi connectivity index (χ1v) is 6.52. The fraction of sp³-hybridized carbons (Fsp3) is 0.333. The molecule has 0 heterocycles. The molecule has 0 saturated carbocycles. The SMILES string of the molecule is O=C(Cc1ccccc1)NNC(=O)C[C@H]1C=CCC1. The molecule has 1 aliphatic carbocycles. The van der Waals surface area contributed by atoms with Crippen molar-refractivity contribution >= 4 is 11.8 Å². The van der Waals surface area contributed by atoms with Gasteiger partial charge in [-0.25, -0.2) is 0 Å². The molecule has 0 spiro atoms. The molecule has 0 saturated heterocycles. The monoisotopic (exact) mass is 258 g/mol.